The zero-order valence-corrected chi connectivity index (χ0v) is 9.42. The first-order valence-corrected chi connectivity index (χ1v) is 4.94. The first kappa shape index (κ1) is 14.4. The highest BCUT2D eigenvalue weighted by atomic mass is 19.4. The van der Waals surface area contributed by atoms with Crippen molar-refractivity contribution in [2.24, 2.45) is 5.73 Å². The summed E-state index contributed by atoms with van der Waals surface area (Å²) in [5.41, 5.74) is 4.26. The van der Waals surface area contributed by atoms with Gasteiger partial charge in [-0.25, -0.2) is 4.39 Å². The Morgan fingerprint density at radius 1 is 1.44 bits per heavy atom. The highest BCUT2D eigenvalue weighted by Crippen LogP contribution is 2.31. The summed E-state index contributed by atoms with van der Waals surface area (Å²) in [5.74, 6) is -2.10. The van der Waals surface area contributed by atoms with Crippen LogP contribution in [0.1, 0.15) is 11.1 Å². The van der Waals surface area contributed by atoms with E-state index in [1.54, 1.807) is 0 Å². The van der Waals surface area contributed by atoms with Gasteiger partial charge in [0.15, 0.2) is 0 Å². The molecule has 1 aromatic rings. The van der Waals surface area contributed by atoms with Gasteiger partial charge < -0.3 is 10.5 Å². The lowest BCUT2D eigenvalue weighted by Gasteiger charge is -2.11. The van der Waals surface area contributed by atoms with E-state index in [1.165, 1.54) is 0 Å². The molecule has 0 amide bonds. The summed E-state index contributed by atoms with van der Waals surface area (Å²) in [6.45, 7) is 0. The van der Waals surface area contributed by atoms with Crippen LogP contribution < -0.4 is 5.73 Å². The van der Waals surface area contributed by atoms with Crippen LogP contribution in [0.25, 0.3) is 0 Å². The molecule has 0 aliphatic rings. The lowest BCUT2D eigenvalue weighted by atomic mass is 10.0. The molecule has 3 nitrogen and oxygen atoms in total. The molecule has 100 valence electrons. The molecule has 0 heterocycles. The van der Waals surface area contributed by atoms with Crippen LogP contribution in [0, 0.1) is 5.82 Å². The molecule has 7 heteroatoms. The summed E-state index contributed by atoms with van der Waals surface area (Å²) in [5, 5.41) is 0. The van der Waals surface area contributed by atoms with Crippen molar-refractivity contribution in [1.29, 1.82) is 0 Å². The molecule has 0 saturated heterocycles. The number of esters is 1. The second-order valence-corrected chi connectivity index (χ2v) is 3.65. The van der Waals surface area contributed by atoms with Gasteiger partial charge in [0.1, 0.15) is 11.9 Å². The average Bonchev–Trinajstić information content (AvgIpc) is 2.26. The molecule has 1 rings (SSSR count). The van der Waals surface area contributed by atoms with E-state index in [0.717, 1.165) is 13.2 Å². The highest BCUT2D eigenvalue weighted by Gasteiger charge is 2.34. The highest BCUT2D eigenvalue weighted by molar-refractivity contribution is 5.75. The minimum atomic E-state index is -4.74. The van der Waals surface area contributed by atoms with E-state index < -0.39 is 29.6 Å². The maximum absolute atomic E-state index is 13.2. The normalized spacial score (nSPS) is 13.2. The van der Waals surface area contributed by atoms with Gasteiger partial charge in [-0.2, -0.15) is 13.2 Å². The standard InChI is InChI=1S/C11H11F4NO2/c1-18-10(17)9(16)5-6-2-3-7(8(12)4-6)11(13,14)15/h2-4,9H,5,16H2,1H3/t9-/m0/s1. The monoisotopic (exact) mass is 265 g/mol. The fraction of sp³-hybridized carbons (Fsp3) is 0.364. The minimum absolute atomic E-state index is 0.0955. The molecule has 1 aromatic carbocycles. The predicted molar refractivity (Wildman–Crippen MR) is 55.1 cm³/mol. The van der Waals surface area contributed by atoms with Crippen LogP contribution in [-0.2, 0) is 22.1 Å². The second kappa shape index (κ2) is 5.34. The quantitative estimate of drug-likeness (QED) is 0.670. The van der Waals surface area contributed by atoms with E-state index >= 15 is 0 Å². The van der Waals surface area contributed by atoms with Crippen molar-refractivity contribution in [2.45, 2.75) is 18.6 Å². The van der Waals surface area contributed by atoms with Crippen molar-refractivity contribution in [3.63, 3.8) is 0 Å². The Morgan fingerprint density at radius 2 is 2.06 bits per heavy atom. The minimum Gasteiger partial charge on any atom is -0.468 e. The largest absolute Gasteiger partial charge is 0.468 e. The Bertz CT molecular complexity index is 445. The molecule has 0 spiro atoms. The van der Waals surface area contributed by atoms with Gasteiger partial charge in [-0.3, -0.25) is 4.79 Å². The molecule has 0 aromatic heterocycles. The van der Waals surface area contributed by atoms with Crippen LogP contribution in [0.15, 0.2) is 18.2 Å². The molecular weight excluding hydrogens is 254 g/mol. The first-order chi connectivity index (χ1) is 8.25. The number of carbonyl (C=O) groups is 1. The summed E-state index contributed by atoms with van der Waals surface area (Å²) in [7, 11) is 1.13. The van der Waals surface area contributed by atoms with Crippen molar-refractivity contribution in [1.82, 2.24) is 0 Å². The van der Waals surface area contributed by atoms with Crippen LogP contribution in [0.5, 0.6) is 0 Å². The number of nitrogens with two attached hydrogens (primary N) is 1. The third-order valence-electron chi connectivity index (χ3n) is 2.30. The first-order valence-electron chi connectivity index (χ1n) is 4.94. The number of hydrogen-bond acceptors (Lipinski definition) is 3. The number of rotatable bonds is 3. The summed E-state index contributed by atoms with van der Waals surface area (Å²) in [6.07, 6.45) is -4.84. The van der Waals surface area contributed by atoms with E-state index in [0.29, 0.717) is 12.1 Å². The summed E-state index contributed by atoms with van der Waals surface area (Å²) >= 11 is 0. The third-order valence-corrected chi connectivity index (χ3v) is 2.30. The number of alkyl halides is 3. The number of ether oxygens (including phenoxy) is 1. The zero-order chi connectivity index (χ0) is 13.9. The molecule has 0 unspecified atom stereocenters. The zero-order valence-electron chi connectivity index (χ0n) is 9.42. The van der Waals surface area contributed by atoms with Crippen LogP contribution in [-0.4, -0.2) is 19.1 Å². The van der Waals surface area contributed by atoms with E-state index in [1.807, 2.05) is 0 Å². The van der Waals surface area contributed by atoms with E-state index in [9.17, 15) is 22.4 Å². The fourth-order valence-corrected chi connectivity index (χ4v) is 1.40. The predicted octanol–water partition coefficient (Wildman–Crippen LogP) is 1.89. The van der Waals surface area contributed by atoms with Crippen molar-refractivity contribution in [3.8, 4) is 0 Å². The molecule has 1 atom stereocenters. The number of carbonyl (C=O) groups excluding carboxylic acids is 1. The second-order valence-electron chi connectivity index (χ2n) is 3.65. The molecule has 0 bridgehead atoms. The van der Waals surface area contributed by atoms with Crippen LogP contribution >= 0.6 is 0 Å². The Morgan fingerprint density at radius 3 is 2.50 bits per heavy atom. The topological polar surface area (TPSA) is 52.3 Å². The number of benzene rings is 1. The fourth-order valence-electron chi connectivity index (χ4n) is 1.40. The van der Waals surface area contributed by atoms with Gasteiger partial charge in [-0.05, 0) is 24.1 Å². The third kappa shape index (κ3) is 3.43. The van der Waals surface area contributed by atoms with E-state index in [-0.39, 0.29) is 12.0 Å². The average molecular weight is 265 g/mol. The summed E-state index contributed by atoms with van der Waals surface area (Å²) in [6, 6.07) is 1.38. The van der Waals surface area contributed by atoms with Crippen LogP contribution in [0.3, 0.4) is 0 Å². The lowest BCUT2D eigenvalue weighted by molar-refractivity contribution is -0.142. The Balaban J connectivity index is 2.89. The Kier molecular flexibility index (Phi) is 4.28. The van der Waals surface area contributed by atoms with Gasteiger partial charge in [0.25, 0.3) is 0 Å². The Labute approximate surface area is 101 Å². The van der Waals surface area contributed by atoms with Crippen molar-refractivity contribution in [2.75, 3.05) is 7.11 Å². The van der Waals surface area contributed by atoms with Crippen LogP contribution in [0.2, 0.25) is 0 Å². The van der Waals surface area contributed by atoms with E-state index in [2.05, 4.69) is 4.74 Å². The number of hydrogen-bond donors (Lipinski definition) is 1. The molecule has 0 fully saturated rings. The number of halogens is 4. The van der Waals surface area contributed by atoms with Crippen molar-refractivity contribution in [3.05, 3.63) is 35.1 Å². The Hall–Kier alpha value is -1.63. The smallest absolute Gasteiger partial charge is 0.419 e. The molecule has 0 radical (unpaired) electrons. The number of methoxy groups -OCH3 is 1. The van der Waals surface area contributed by atoms with Gasteiger partial charge in [0.05, 0.1) is 12.7 Å². The molecule has 2 N–H and O–H groups in total. The van der Waals surface area contributed by atoms with Crippen LogP contribution in [0.4, 0.5) is 17.6 Å². The van der Waals surface area contributed by atoms with Gasteiger partial charge in [0.2, 0.25) is 0 Å². The SMILES string of the molecule is COC(=O)[C@@H](N)Cc1ccc(C(F)(F)F)c(F)c1. The van der Waals surface area contributed by atoms with Crippen molar-refractivity contribution >= 4 is 5.97 Å². The van der Waals surface area contributed by atoms with Gasteiger partial charge in [-0.1, -0.05) is 6.07 Å². The van der Waals surface area contributed by atoms with Gasteiger partial charge >= 0.3 is 12.1 Å². The maximum Gasteiger partial charge on any atom is 0.419 e. The molecule has 0 saturated carbocycles. The molecule has 0 aliphatic carbocycles. The molecule has 18 heavy (non-hydrogen) atoms. The van der Waals surface area contributed by atoms with Crippen molar-refractivity contribution < 1.29 is 27.1 Å². The maximum atomic E-state index is 13.2. The van der Waals surface area contributed by atoms with E-state index in [4.69, 9.17) is 5.73 Å². The molecular formula is C11H11F4NO2. The molecule has 0 aliphatic heterocycles. The van der Waals surface area contributed by atoms with Gasteiger partial charge in [0, 0.05) is 0 Å². The lowest BCUT2D eigenvalue weighted by Crippen LogP contribution is -2.33. The van der Waals surface area contributed by atoms with Gasteiger partial charge in [-0.15, -0.1) is 0 Å². The summed E-state index contributed by atoms with van der Waals surface area (Å²) < 4.78 is 54.4. The summed E-state index contributed by atoms with van der Waals surface area (Å²) in [4.78, 5) is 11.0.